The van der Waals surface area contributed by atoms with E-state index in [1.54, 1.807) is 18.2 Å². The third-order valence-corrected chi connectivity index (χ3v) is 2.72. The summed E-state index contributed by atoms with van der Waals surface area (Å²) in [4.78, 5) is 7.25. The summed E-state index contributed by atoms with van der Waals surface area (Å²) in [5, 5.41) is -0.164. The largest absolute Gasteiger partial charge is 0.398 e. The molecule has 0 amide bonds. The number of halogens is 2. The second-order valence-electron chi connectivity index (χ2n) is 3.61. The van der Waals surface area contributed by atoms with Gasteiger partial charge in [-0.2, -0.15) is 9.37 Å². The van der Waals surface area contributed by atoms with Crippen LogP contribution in [0.15, 0.2) is 18.2 Å². The van der Waals surface area contributed by atoms with Crippen LogP contribution in [0, 0.1) is 12.9 Å². The molecule has 0 fully saturated rings. The number of aromatic nitrogens is 2. The number of hydrogen-bond donors (Lipinski definition) is 2. The fourth-order valence-corrected chi connectivity index (χ4v) is 1.61. The molecule has 1 aromatic carbocycles. The number of nitrogen functional groups attached to an aromatic ring is 2. The van der Waals surface area contributed by atoms with E-state index in [1.807, 2.05) is 6.92 Å². The van der Waals surface area contributed by atoms with Crippen LogP contribution in [0.2, 0.25) is 5.02 Å². The molecule has 17 heavy (non-hydrogen) atoms. The van der Waals surface area contributed by atoms with E-state index in [9.17, 15) is 4.39 Å². The molecule has 0 aliphatic carbocycles. The predicted octanol–water partition coefficient (Wildman–Crippen LogP) is 2.41. The fraction of sp³-hybridized carbons (Fsp3) is 0.0909. The van der Waals surface area contributed by atoms with Crippen molar-refractivity contribution in [1.82, 2.24) is 9.97 Å². The zero-order valence-corrected chi connectivity index (χ0v) is 9.79. The Kier molecular flexibility index (Phi) is 2.85. The first kappa shape index (κ1) is 11.6. The third kappa shape index (κ3) is 2.14. The van der Waals surface area contributed by atoms with Gasteiger partial charge in [-0.3, -0.25) is 0 Å². The highest BCUT2D eigenvalue weighted by Gasteiger charge is 2.13. The average molecular weight is 253 g/mol. The van der Waals surface area contributed by atoms with Crippen molar-refractivity contribution in [2.75, 3.05) is 11.5 Å². The minimum absolute atomic E-state index is 0.164. The molecule has 0 bridgehead atoms. The van der Waals surface area contributed by atoms with Crippen molar-refractivity contribution in [2.24, 2.45) is 0 Å². The monoisotopic (exact) mass is 252 g/mol. The molecule has 0 radical (unpaired) electrons. The highest BCUT2D eigenvalue weighted by atomic mass is 35.5. The summed E-state index contributed by atoms with van der Waals surface area (Å²) in [5.74, 6) is -1.01. The van der Waals surface area contributed by atoms with Gasteiger partial charge in [-0.1, -0.05) is 23.7 Å². The lowest BCUT2D eigenvalue weighted by Crippen LogP contribution is -2.01. The Labute approximate surface area is 102 Å². The zero-order valence-electron chi connectivity index (χ0n) is 9.04. The number of hydrogen-bond acceptors (Lipinski definition) is 4. The summed E-state index contributed by atoms with van der Waals surface area (Å²) in [5.41, 5.74) is 13.5. The van der Waals surface area contributed by atoms with Crippen molar-refractivity contribution in [3.63, 3.8) is 0 Å². The van der Waals surface area contributed by atoms with Crippen molar-refractivity contribution >= 4 is 23.2 Å². The van der Waals surface area contributed by atoms with E-state index < -0.39 is 5.95 Å². The zero-order chi connectivity index (χ0) is 12.6. The summed E-state index contributed by atoms with van der Waals surface area (Å²) < 4.78 is 13.3. The van der Waals surface area contributed by atoms with Crippen molar-refractivity contribution < 1.29 is 4.39 Å². The van der Waals surface area contributed by atoms with Gasteiger partial charge in [-0.15, -0.1) is 0 Å². The molecule has 0 saturated carbocycles. The molecule has 1 aromatic heterocycles. The van der Waals surface area contributed by atoms with Crippen LogP contribution in [-0.2, 0) is 0 Å². The van der Waals surface area contributed by atoms with Gasteiger partial charge in [-0.25, -0.2) is 4.98 Å². The van der Waals surface area contributed by atoms with Crippen LogP contribution in [-0.4, -0.2) is 9.97 Å². The van der Waals surface area contributed by atoms with Gasteiger partial charge < -0.3 is 11.5 Å². The fourth-order valence-electron chi connectivity index (χ4n) is 1.42. The van der Waals surface area contributed by atoms with E-state index in [0.717, 1.165) is 5.56 Å². The van der Waals surface area contributed by atoms with Gasteiger partial charge >= 0.3 is 0 Å². The summed E-state index contributed by atoms with van der Waals surface area (Å²) >= 11 is 5.80. The van der Waals surface area contributed by atoms with Crippen LogP contribution >= 0.6 is 11.6 Å². The highest BCUT2D eigenvalue weighted by molar-refractivity contribution is 6.33. The molecule has 0 atom stereocenters. The Morgan fingerprint density at radius 1 is 1.24 bits per heavy atom. The quantitative estimate of drug-likeness (QED) is 0.603. The first-order chi connectivity index (χ1) is 7.99. The SMILES string of the molecule is Cc1ccc(-c2nc(N)nc(F)c2Cl)cc1N. The summed E-state index contributed by atoms with van der Waals surface area (Å²) in [6, 6.07) is 5.22. The van der Waals surface area contributed by atoms with E-state index in [4.69, 9.17) is 23.1 Å². The Bertz CT molecular complexity index is 586. The third-order valence-electron chi connectivity index (χ3n) is 2.38. The molecular weight excluding hydrogens is 243 g/mol. The first-order valence-corrected chi connectivity index (χ1v) is 5.22. The molecule has 4 N–H and O–H groups in total. The number of nitrogens with two attached hydrogens (primary N) is 2. The summed E-state index contributed by atoms with van der Waals surface area (Å²) in [6.45, 7) is 1.87. The standard InChI is InChI=1S/C11H10ClFN4/c1-5-2-3-6(4-7(5)14)9-8(12)10(13)17-11(15)16-9/h2-4H,14H2,1H3,(H2,15,16,17). The van der Waals surface area contributed by atoms with Gasteiger partial charge in [-0.05, 0) is 18.6 Å². The average Bonchev–Trinajstić information content (AvgIpc) is 2.27. The Morgan fingerprint density at radius 3 is 2.59 bits per heavy atom. The Morgan fingerprint density at radius 2 is 1.94 bits per heavy atom. The topological polar surface area (TPSA) is 77.8 Å². The summed E-state index contributed by atoms with van der Waals surface area (Å²) in [7, 11) is 0. The van der Waals surface area contributed by atoms with E-state index >= 15 is 0 Å². The molecule has 2 aromatic rings. The second kappa shape index (κ2) is 4.18. The Balaban J connectivity index is 2.64. The molecule has 1 heterocycles. The smallest absolute Gasteiger partial charge is 0.237 e. The molecule has 88 valence electrons. The molecule has 0 aliphatic heterocycles. The lowest BCUT2D eigenvalue weighted by atomic mass is 10.1. The molecule has 0 saturated heterocycles. The molecule has 0 spiro atoms. The van der Waals surface area contributed by atoms with Crippen LogP contribution in [0.1, 0.15) is 5.56 Å². The molecule has 2 rings (SSSR count). The van der Waals surface area contributed by atoms with Crippen LogP contribution < -0.4 is 11.5 Å². The maximum atomic E-state index is 13.3. The normalized spacial score (nSPS) is 10.5. The lowest BCUT2D eigenvalue weighted by Gasteiger charge is -2.07. The number of aryl methyl sites for hydroxylation is 1. The van der Waals surface area contributed by atoms with Crippen molar-refractivity contribution in [3.05, 3.63) is 34.7 Å². The molecule has 6 heteroatoms. The Hall–Kier alpha value is -1.88. The van der Waals surface area contributed by atoms with Crippen LogP contribution in [0.25, 0.3) is 11.3 Å². The maximum Gasteiger partial charge on any atom is 0.237 e. The van der Waals surface area contributed by atoms with Gasteiger partial charge in [0.2, 0.25) is 11.9 Å². The highest BCUT2D eigenvalue weighted by Crippen LogP contribution is 2.29. The van der Waals surface area contributed by atoms with Crippen molar-refractivity contribution in [1.29, 1.82) is 0 Å². The minimum atomic E-state index is -0.840. The first-order valence-electron chi connectivity index (χ1n) is 4.84. The van der Waals surface area contributed by atoms with E-state index in [0.29, 0.717) is 11.3 Å². The van der Waals surface area contributed by atoms with Crippen LogP contribution in [0.3, 0.4) is 0 Å². The van der Waals surface area contributed by atoms with E-state index in [1.165, 1.54) is 0 Å². The molecular formula is C11H10ClFN4. The van der Waals surface area contributed by atoms with E-state index in [-0.39, 0.29) is 16.7 Å². The minimum Gasteiger partial charge on any atom is -0.398 e. The number of nitrogens with zero attached hydrogens (tertiary/aromatic N) is 2. The van der Waals surface area contributed by atoms with Gasteiger partial charge in [0.05, 0.1) is 5.69 Å². The van der Waals surface area contributed by atoms with Gasteiger partial charge in [0.15, 0.2) is 0 Å². The van der Waals surface area contributed by atoms with Crippen molar-refractivity contribution in [3.8, 4) is 11.3 Å². The maximum absolute atomic E-state index is 13.3. The second-order valence-corrected chi connectivity index (χ2v) is 3.98. The molecule has 4 nitrogen and oxygen atoms in total. The number of rotatable bonds is 1. The van der Waals surface area contributed by atoms with E-state index in [2.05, 4.69) is 9.97 Å². The lowest BCUT2D eigenvalue weighted by molar-refractivity contribution is 0.583. The van der Waals surface area contributed by atoms with Crippen LogP contribution in [0.4, 0.5) is 16.0 Å². The predicted molar refractivity (Wildman–Crippen MR) is 66.0 cm³/mol. The van der Waals surface area contributed by atoms with Crippen molar-refractivity contribution in [2.45, 2.75) is 6.92 Å². The van der Waals surface area contributed by atoms with Gasteiger partial charge in [0.1, 0.15) is 5.02 Å². The molecule has 0 aliphatic rings. The van der Waals surface area contributed by atoms with Gasteiger partial charge in [0.25, 0.3) is 0 Å². The van der Waals surface area contributed by atoms with Crippen LogP contribution in [0.5, 0.6) is 0 Å². The molecule has 0 unspecified atom stereocenters. The number of benzene rings is 1. The summed E-state index contributed by atoms with van der Waals surface area (Å²) in [6.07, 6.45) is 0. The number of anilines is 2. The van der Waals surface area contributed by atoms with Gasteiger partial charge in [0, 0.05) is 11.3 Å².